The van der Waals surface area contributed by atoms with Gasteiger partial charge in [0.1, 0.15) is 5.54 Å². The second-order valence-electron chi connectivity index (χ2n) is 12.9. The fourth-order valence-electron chi connectivity index (χ4n) is 7.15. The quantitative estimate of drug-likeness (QED) is 0.283. The van der Waals surface area contributed by atoms with Crippen LogP contribution in [0.1, 0.15) is 94.2 Å². The number of nitrogens with one attached hydrogen (secondary N) is 3. The number of urea groups is 1. The van der Waals surface area contributed by atoms with Crippen molar-refractivity contribution < 1.29 is 9.59 Å². The molecule has 2 aliphatic heterocycles. The number of carbonyl (C=O) groups is 2. The van der Waals surface area contributed by atoms with Gasteiger partial charge in [-0.1, -0.05) is 106 Å². The molecule has 5 rings (SSSR count). The van der Waals surface area contributed by atoms with E-state index in [1.807, 2.05) is 29.2 Å². The minimum absolute atomic E-state index is 0.000748. The van der Waals surface area contributed by atoms with E-state index in [2.05, 4.69) is 47.9 Å². The Balaban J connectivity index is 1.10. The number of rotatable bonds is 11. The maximum atomic E-state index is 13.8. The minimum Gasteiger partial charge on any atom is -0.342 e. The van der Waals surface area contributed by atoms with Crippen molar-refractivity contribution in [2.75, 3.05) is 13.1 Å². The molecule has 3 aliphatic rings. The second kappa shape index (κ2) is 14.2. The Morgan fingerprint density at radius 3 is 2.31 bits per heavy atom. The van der Waals surface area contributed by atoms with Crippen molar-refractivity contribution >= 4 is 17.9 Å². The molecule has 0 aromatic heterocycles. The molecule has 2 aromatic rings. The van der Waals surface area contributed by atoms with E-state index in [9.17, 15) is 9.59 Å². The predicted octanol–water partition coefficient (Wildman–Crippen LogP) is 6.62. The first-order valence-corrected chi connectivity index (χ1v) is 16.3. The molecule has 42 heavy (non-hydrogen) atoms. The Morgan fingerprint density at radius 1 is 0.929 bits per heavy atom. The van der Waals surface area contributed by atoms with Gasteiger partial charge in [0.15, 0.2) is 5.96 Å². The third kappa shape index (κ3) is 7.53. The molecular formula is C35H49N5O2. The summed E-state index contributed by atoms with van der Waals surface area (Å²) in [4.78, 5) is 30.2. The van der Waals surface area contributed by atoms with Gasteiger partial charge in [0, 0.05) is 19.6 Å². The monoisotopic (exact) mass is 571 g/mol. The molecule has 1 saturated carbocycles. The molecule has 7 nitrogen and oxygen atoms in total. The largest absolute Gasteiger partial charge is 0.342 e. The van der Waals surface area contributed by atoms with Crippen molar-refractivity contribution in [3.05, 3.63) is 71.3 Å². The van der Waals surface area contributed by atoms with E-state index in [4.69, 9.17) is 5.41 Å². The van der Waals surface area contributed by atoms with Gasteiger partial charge in [-0.3, -0.25) is 15.1 Å². The summed E-state index contributed by atoms with van der Waals surface area (Å²) in [5.74, 6) is 1.49. The van der Waals surface area contributed by atoms with Crippen molar-refractivity contribution in [3.63, 3.8) is 0 Å². The maximum absolute atomic E-state index is 13.8. The zero-order chi connectivity index (χ0) is 29.4. The van der Waals surface area contributed by atoms with E-state index < -0.39 is 5.54 Å². The Hall–Kier alpha value is -3.35. The minimum atomic E-state index is -0.630. The average Bonchev–Trinajstić information content (AvgIpc) is 3.25. The lowest BCUT2D eigenvalue weighted by Crippen LogP contribution is -2.48. The van der Waals surface area contributed by atoms with Crippen LogP contribution in [0.3, 0.4) is 0 Å². The zero-order valence-electron chi connectivity index (χ0n) is 25.4. The maximum Gasteiger partial charge on any atom is 0.317 e. The van der Waals surface area contributed by atoms with Gasteiger partial charge in [-0.05, 0) is 60.6 Å². The molecule has 1 aliphatic carbocycles. The highest BCUT2D eigenvalue weighted by Crippen LogP contribution is 2.36. The van der Waals surface area contributed by atoms with E-state index in [1.54, 1.807) is 4.90 Å². The summed E-state index contributed by atoms with van der Waals surface area (Å²) in [6, 6.07) is 18.7. The Labute approximate surface area is 251 Å². The molecule has 0 bridgehead atoms. The van der Waals surface area contributed by atoms with Crippen molar-refractivity contribution in [2.24, 2.45) is 11.8 Å². The van der Waals surface area contributed by atoms with Crippen LogP contribution in [0, 0.1) is 17.2 Å². The van der Waals surface area contributed by atoms with E-state index in [-0.39, 0.29) is 17.9 Å². The Kier molecular flexibility index (Phi) is 10.2. The second-order valence-corrected chi connectivity index (χ2v) is 12.9. The number of nitrogens with zero attached hydrogens (tertiary/aromatic N) is 2. The van der Waals surface area contributed by atoms with Gasteiger partial charge in [-0.2, -0.15) is 0 Å². The molecule has 2 heterocycles. The number of amides is 3. The highest BCUT2D eigenvalue weighted by molar-refractivity contribution is 6.07. The topological polar surface area (TPSA) is 88.5 Å². The molecule has 1 atom stereocenters. The highest BCUT2D eigenvalue weighted by Gasteiger charge is 2.49. The lowest BCUT2D eigenvalue weighted by molar-refractivity contribution is -0.132. The SMILES string of the molecule is CCCCC1(CC2CCCCC2)NC(=N)N(Cc2ccc(CNC(=O)N3CCC(Cc4ccccc4)CC3)cc2)C1=O. The van der Waals surface area contributed by atoms with Crippen LogP contribution in [0.4, 0.5) is 4.79 Å². The van der Waals surface area contributed by atoms with Gasteiger partial charge in [0.25, 0.3) is 5.91 Å². The lowest BCUT2D eigenvalue weighted by atomic mass is 9.77. The third-order valence-electron chi connectivity index (χ3n) is 9.68. The molecule has 2 aromatic carbocycles. The molecule has 0 radical (unpaired) electrons. The molecule has 2 saturated heterocycles. The summed E-state index contributed by atoms with van der Waals surface area (Å²) in [6.07, 6.45) is 13.0. The van der Waals surface area contributed by atoms with Crippen LogP contribution in [-0.2, 0) is 24.3 Å². The van der Waals surface area contributed by atoms with Gasteiger partial charge < -0.3 is 15.5 Å². The van der Waals surface area contributed by atoms with Gasteiger partial charge >= 0.3 is 6.03 Å². The normalized spacial score (nSPS) is 21.9. The summed E-state index contributed by atoms with van der Waals surface area (Å²) >= 11 is 0. The van der Waals surface area contributed by atoms with Crippen molar-refractivity contribution in [3.8, 4) is 0 Å². The number of hydrogen-bond donors (Lipinski definition) is 3. The molecule has 3 amide bonds. The molecule has 3 N–H and O–H groups in total. The van der Waals surface area contributed by atoms with Crippen LogP contribution in [0.5, 0.6) is 0 Å². The summed E-state index contributed by atoms with van der Waals surface area (Å²) in [7, 11) is 0. The molecule has 1 unspecified atom stereocenters. The first-order chi connectivity index (χ1) is 20.5. The van der Waals surface area contributed by atoms with Crippen LogP contribution >= 0.6 is 0 Å². The number of benzene rings is 2. The summed E-state index contributed by atoms with van der Waals surface area (Å²) in [5.41, 5.74) is 2.77. The van der Waals surface area contributed by atoms with Crippen LogP contribution in [0.25, 0.3) is 0 Å². The van der Waals surface area contributed by atoms with Crippen LogP contribution < -0.4 is 10.6 Å². The fourth-order valence-corrected chi connectivity index (χ4v) is 7.15. The standard InChI is InChI=1S/C35H49N5O2/c1-2-3-20-35(24-29-12-8-5-9-13-29)32(41)40(33(36)38-35)26-31-16-14-30(15-17-31)25-37-34(42)39-21-18-28(19-22-39)23-27-10-6-4-7-11-27/h4,6-7,10-11,14-17,28-29H,2-3,5,8-9,12-13,18-26H2,1H3,(H2,36,38)(H,37,42). The molecule has 226 valence electrons. The number of piperidine rings is 1. The van der Waals surface area contributed by atoms with Crippen molar-refractivity contribution in [2.45, 2.75) is 103 Å². The average molecular weight is 572 g/mol. The lowest BCUT2D eigenvalue weighted by Gasteiger charge is -2.33. The third-order valence-corrected chi connectivity index (χ3v) is 9.68. The fraction of sp³-hybridized carbons (Fsp3) is 0.571. The first-order valence-electron chi connectivity index (χ1n) is 16.3. The van der Waals surface area contributed by atoms with Crippen molar-refractivity contribution in [1.82, 2.24) is 20.4 Å². The van der Waals surface area contributed by atoms with Gasteiger partial charge in [0.05, 0.1) is 6.54 Å². The molecular weight excluding hydrogens is 522 g/mol. The predicted molar refractivity (Wildman–Crippen MR) is 168 cm³/mol. The zero-order valence-corrected chi connectivity index (χ0v) is 25.4. The highest BCUT2D eigenvalue weighted by atomic mass is 16.2. The van der Waals surface area contributed by atoms with Crippen LogP contribution in [0.2, 0.25) is 0 Å². The van der Waals surface area contributed by atoms with Gasteiger partial charge in [-0.25, -0.2) is 4.79 Å². The van der Waals surface area contributed by atoms with Gasteiger partial charge in [0.2, 0.25) is 0 Å². The number of likely N-dealkylation sites (tertiary alicyclic amines) is 1. The van der Waals surface area contributed by atoms with Gasteiger partial charge in [-0.15, -0.1) is 0 Å². The number of hydrogen-bond acceptors (Lipinski definition) is 3. The van der Waals surface area contributed by atoms with Crippen molar-refractivity contribution in [1.29, 1.82) is 5.41 Å². The smallest absolute Gasteiger partial charge is 0.317 e. The summed E-state index contributed by atoms with van der Waals surface area (Å²) < 4.78 is 0. The van der Waals surface area contributed by atoms with E-state index >= 15 is 0 Å². The van der Waals surface area contributed by atoms with Crippen LogP contribution in [0.15, 0.2) is 54.6 Å². The Morgan fingerprint density at radius 2 is 1.62 bits per heavy atom. The van der Waals surface area contributed by atoms with E-state index in [0.29, 0.717) is 24.9 Å². The number of guanidine groups is 1. The Bertz CT molecular complexity index is 1190. The molecule has 7 heteroatoms. The van der Waals surface area contributed by atoms with Crippen LogP contribution in [-0.4, -0.2) is 46.3 Å². The summed E-state index contributed by atoms with van der Waals surface area (Å²) in [6.45, 7) is 4.63. The molecule has 0 spiro atoms. The summed E-state index contributed by atoms with van der Waals surface area (Å²) in [5, 5.41) is 15.1. The number of carbonyl (C=O) groups excluding carboxylic acids is 2. The first kappa shape index (κ1) is 30.1. The molecule has 3 fully saturated rings. The number of unbranched alkanes of at least 4 members (excludes halogenated alkanes) is 1. The van der Waals surface area contributed by atoms with E-state index in [0.717, 1.165) is 69.2 Å². The van der Waals surface area contributed by atoms with E-state index in [1.165, 1.54) is 37.7 Å².